The van der Waals surface area contributed by atoms with Crippen LogP contribution in [0.15, 0.2) is 0 Å². The second kappa shape index (κ2) is 6.72. The van der Waals surface area contributed by atoms with Crippen molar-refractivity contribution in [3.05, 3.63) is 0 Å². The van der Waals surface area contributed by atoms with Crippen LogP contribution < -0.4 is 5.32 Å². The molecule has 0 bridgehead atoms. The third-order valence-corrected chi connectivity index (χ3v) is 4.09. The first kappa shape index (κ1) is 14.7. The third kappa shape index (κ3) is 4.15. The van der Waals surface area contributed by atoms with E-state index in [-0.39, 0.29) is 11.8 Å². The van der Waals surface area contributed by atoms with Gasteiger partial charge in [-0.1, -0.05) is 0 Å². The Morgan fingerprint density at radius 3 is 2.57 bits per heavy atom. The van der Waals surface area contributed by atoms with Crippen LogP contribution in [0.4, 0.5) is 0 Å². The van der Waals surface area contributed by atoms with Gasteiger partial charge in [-0.05, 0) is 12.8 Å². The van der Waals surface area contributed by atoms with Crippen LogP contribution in [0.25, 0.3) is 0 Å². The van der Waals surface area contributed by atoms with Crippen LogP contribution in [-0.4, -0.2) is 86.3 Å². The van der Waals surface area contributed by atoms with Crippen LogP contribution in [-0.2, 0) is 19.1 Å². The third-order valence-electron chi connectivity index (χ3n) is 4.09. The molecule has 1 N–H and O–H groups in total. The minimum absolute atomic E-state index is 0.0407. The Labute approximate surface area is 124 Å². The molecule has 21 heavy (non-hydrogen) atoms. The molecule has 0 aromatic heterocycles. The van der Waals surface area contributed by atoms with Gasteiger partial charge in [0.15, 0.2) is 0 Å². The van der Waals surface area contributed by atoms with Gasteiger partial charge in [0.05, 0.1) is 26.4 Å². The number of rotatable bonds is 4. The molecule has 118 valence electrons. The van der Waals surface area contributed by atoms with Crippen LogP contribution >= 0.6 is 0 Å². The van der Waals surface area contributed by atoms with Crippen LogP contribution in [0.3, 0.4) is 0 Å². The van der Waals surface area contributed by atoms with Crippen molar-refractivity contribution in [1.82, 2.24) is 15.1 Å². The smallest absolute Gasteiger partial charge is 0.250 e. The number of carbonyl (C=O) groups excluding carboxylic acids is 2. The molecule has 7 heteroatoms. The molecule has 0 aromatic carbocycles. The summed E-state index contributed by atoms with van der Waals surface area (Å²) in [7, 11) is 0. The lowest BCUT2D eigenvalue weighted by molar-refractivity contribution is -0.144. The number of hydrogen-bond donors (Lipinski definition) is 1. The molecule has 1 unspecified atom stereocenters. The number of hydrogen-bond acceptors (Lipinski definition) is 5. The second-order valence-corrected chi connectivity index (χ2v) is 5.87. The minimum atomic E-state index is -0.447. The van der Waals surface area contributed by atoms with E-state index in [1.54, 1.807) is 0 Å². The number of carbonyl (C=O) groups is 2. The molecule has 2 heterocycles. The molecular formula is C14H23N3O4. The first-order valence-corrected chi connectivity index (χ1v) is 7.72. The summed E-state index contributed by atoms with van der Waals surface area (Å²) in [5, 5.41) is 2.96. The molecule has 3 rings (SSSR count). The van der Waals surface area contributed by atoms with E-state index in [4.69, 9.17) is 9.47 Å². The van der Waals surface area contributed by atoms with E-state index in [0.29, 0.717) is 58.6 Å². The summed E-state index contributed by atoms with van der Waals surface area (Å²) >= 11 is 0. The highest BCUT2D eigenvalue weighted by Crippen LogP contribution is 2.19. The molecule has 3 aliphatic rings. The molecule has 1 aliphatic carbocycles. The summed E-state index contributed by atoms with van der Waals surface area (Å²) in [5.74, 6) is 0.0718. The average Bonchev–Trinajstić information content (AvgIpc) is 3.32. The normalized spacial score (nSPS) is 27.4. The summed E-state index contributed by atoms with van der Waals surface area (Å²) in [6, 6.07) is 0.339. The zero-order valence-corrected chi connectivity index (χ0v) is 12.3. The fraction of sp³-hybridized carbons (Fsp3) is 0.857. The van der Waals surface area contributed by atoms with Gasteiger partial charge in [0.1, 0.15) is 6.10 Å². The molecule has 2 amide bonds. The second-order valence-electron chi connectivity index (χ2n) is 5.87. The highest BCUT2D eigenvalue weighted by molar-refractivity contribution is 5.82. The topological polar surface area (TPSA) is 71.1 Å². The fourth-order valence-corrected chi connectivity index (χ4v) is 2.63. The molecule has 0 aromatic rings. The average molecular weight is 297 g/mol. The van der Waals surface area contributed by atoms with Gasteiger partial charge in [0.2, 0.25) is 5.91 Å². The molecular weight excluding hydrogens is 274 g/mol. The molecule has 1 saturated carbocycles. The quantitative estimate of drug-likeness (QED) is 0.708. The van der Waals surface area contributed by atoms with E-state index in [1.807, 2.05) is 9.80 Å². The van der Waals surface area contributed by atoms with Gasteiger partial charge in [-0.15, -0.1) is 0 Å². The maximum Gasteiger partial charge on any atom is 0.250 e. The van der Waals surface area contributed by atoms with Gasteiger partial charge in [0.25, 0.3) is 5.91 Å². The van der Waals surface area contributed by atoms with Gasteiger partial charge in [-0.25, -0.2) is 0 Å². The van der Waals surface area contributed by atoms with Gasteiger partial charge >= 0.3 is 0 Å². The first-order chi connectivity index (χ1) is 10.2. The van der Waals surface area contributed by atoms with Crippen molar-refractivity contribution in [2.75, 3.05) is 52.5 Å². The van der Waals surface area contributed by atoms with Crippen molar-refractivity contribution in [3.63, 3.8) is 0 Å². The van der Waals surface area contributed by atoms with Crippen molar-refractivity contribution in [1.29, 1.82) is 0 Å². The van der Waals surface area contributed by atoms with Gasteiger partial charge < -0.3 is 19.7 Å². The van der Waals surface area contributed by atoms with Crippen LogP contribution in [0.5, 0.6) is 0 Å². The summed E-state index contributed by atoms with van der Waals surface area (Å²) in [6.07, 6.45) is 1.69. The highest BCUT2D eigenvalue weighted by Gasteiger charge is 2.32. The maximum absolute atomic E-state index is 12.2. The Morgan fingerprint density at radius 2 is 1.86 bits per heavy atom. The van der Waals surface area contributed by atoms with E-state index < -0.39 is 6.10 Å². The number of morpholine rings is 2. The van der Waals surface area contributed by atoms with Crippen molar-refractivity contribution in [2.24, 2.45) is 0 Å². The predicted molar refractivity (Wildman–Crippen MR) is 74.7 cm³/mol. The molecule has 2 saturated heterocycles. The summed E-state index contributed by atoms with van der Waals surface area (Å²) in [6.45, 7) is 4.60. The van der Waals surface area contributed by atoms with Gasteiger partial charge in [-0.3, -0.25) is 14.5 Å². The van der Waals surface area contributed by atoms with Gasteiger partial charge in [-0.2, -0.15) is 0 Å². The minimum Gasteiger partial charge on any atom is -0.378 e. The number of ether oxygens (including phenoxy) is 2. The van der Waals surface area contributed by atoms with Crippen LogP contribution in [0.1, 0.15) is 12.8 Å². The molecule has 0 radical (unpaired) electrons. The lowest BCUT2D eigenvalue weighted by Crippen LogP contribution is -2.53. The Balaban J connectivity index is 1.46. The number of nitrogens with one attached hydrogen (secondary N) is 1. The predicted octanol–water partition coefficient (Wildman–Crippen LogP) is -1.18. The summed E-state index contributed by atoms with van der Waals surface area (Å²) in [5.41, 5.74) is 0. The maximum atomic E-state index is 12.2. The summed E-state index contributed by atoms with van der Waals surface area (Å²) in [4.78, 5) is 28.1. The monoisotopic (exact) mass is 297 g/mol. The number of amides is 2. The van der Waals surface area contributed by atoms with Crippen molar-refractivity contribution >= 4 is 11.8 Å². The zero-order chi connectivity index (χ0) is 14.7. The molecule has 7 nitrogen and oxygen atoms in total. The van der Waals surface area contributed by atoms with E-state index >= 15 is 0 Å². The Morgan fingerprint density at radius 1 is 1.10 bits per heavy atom. The first-order valence-electron chi connectivity index (χ1n) is 7.72. The van der Waals surface area contributed by atoms with E-state index in [1.165, 1.54) is 0 Å². The van der Waals surface area contributed by atoms with Crippen molar-refractivity contribution in [2.45, 2.75) is 25.0 Å². The van der Waals surface area contributed by atoms with Crippen molar-refractivity contribution in [3.8, 4) is 0 Å². The lowest BCUT2D eigenvalue weighted by Gasteiger charge is -2.34. The Kier molecular flexibility index (Phi) is 4.72. The lowest BCUT2D eigenvalue weighted by atomic mass is 10.2. The van der Waals surface area contributed by atoms with E-state index in [9.17, 15) is 9.59 Å². The van der Waals surface area contributed by atoms with Gasteiger partial charge in [0, 0.05) is 32.2 Å². The molecule has 0 spiro atoms. The molecule has 1 atom stereocenters. The van der Waals surface area contributed by atoms with Crippen molar-refractivity contribution < 1.29 is 19.1 Å². The fourth-order valence-electron chi connectivity index (χ4n) is 2.63. The zero-order valence-electron chi connectivity index (χ0n) is 12.3. The molecule has 3 fully saturated rings. The standard InChI is InChI=1S/C14H23N3O4/c18-13(17-4-6-20-7-5-17)10-16-3-8-21-12(9-16)14(19)15-11-1-2-11/h11-12H,1-10H2,(H,15,19). The Hall–Kier alpha value is -1.18. The number of nitrogens with zero attached hydrogens (tertiary/aromatic N) is 2. The SMILES string of the molecule is O=C(NC1CC1)C1CN(CC(=O)N2CCOCC2)CCO1. The highest BCUT2D eigenvalue weighted by atomic mass is 16.5. The molecule has 2 aliphatic heterocycles. The Bertz CT molecular complexity index is 394. The van der Waals surface area contributed by atoms with E-state index in [0.717, 1.165) is 12.8 Å². The van der Waals surface area contributed by atoms with Crippen LogP contribution in [0, 0.1) is 0 Å². The summed E-state index contributed by atoms with van der Waals surface area (Å²) < 4.78 is 10.8. The largest absolute Gasteiger partial charge is 0.378 e. The van der Waals surface area contributed by atoms with E-state index in [2.05, 4.69) is 5.32 Å². The van der Waals surface area contributed by atoms with Crippen LogP contribution in [0.2, 0.25) is 0 Å².